The monoisotopic (exact) mass is 610 g/mol. The smallest absolute Gasteiger partial charge is 0.415 e. The molecule has 34 heavy (non-hydrogen) atoms. The molecule has 17 heteroatoms. The molecule has 2 saturated heterocycles. The SMILES string of the molecule is CC(=O)OC[C@H]1O[C@@H]2OC(OCC(Cl)(Cl)Cl)(OCC(Cl)(Cl)Cl)O[C@@H]2[C@@H](OC(C)=O)[C@@H]1OC(C)=O. The number of esters is 3. The summed E-state index contributed by atoms with van der Waals surface area (Å²) >= 11 is 34.5. The molecule has 0 bridgehead atoms. The largest absolute Gasteiger partial charge is 0.463 e. The molecule has 0 saturated carbocycles. The first kappa shape index (κ1) is 30.2. The summed E-state index contributed by atoms with van der Waals surface area (Å²) < 4.78 is 39.6. The van der Waals surface area contributed by atoms with Gasteiger partial charge in [0.25, 0.3) is 0 Å². The Hall–Kier alpha value is -0.0500. The van der Waals surface area contributed by atoms with E-state index >= 15 is 0 Å². The van der Waals surface area contributed by atoms with E-state index in [-0.39, 0.29) is 0 Å². The molecule has 196 valence electrons. The van der Waals surface area contributed by atoms with Crippen molar-refractivity contribution < 1.29 is 52.3 Å². The quantitative estimate of drug-likeness (QED) is 0.174. The van der Waals surface area contributed by atoms with Crippen LogP contribution in [0.3, 0.4) is 0 Å². The maximum absolute atomic E-state index is 11.8. The Balaban J connectivity index is 2.39. The van der Waals surface area contributed by atoms with Crippen LogP contribution >= 0.6 is 69.6 Å². The Kier molecular flexibility index (Phi) is 10.6. The Morgan fingerprint density at radius 1 is 0.794 bits per heavy atom. The molecule has 0 N–H and O–H groups in total. The van der Waals surface area contributed by atoms with Crippen LogP contribution in [0.25, 0.3) is 0 Å². The molecule has 5 atom stereocenters. The zero-order valence-corrected chi connectivity index (χ0v) is 22.3. The van der Waals surface area contributed by atoms with Gasteiger partial charge in [-0.2, -0.15) is 0 Å². The van der Waals surface area contributed by atoms with Crippen LogP contribution in [-0.4, -0.2) is 82.2 Å². The summed E-state index contributed by atoms with van der Waals surface area (Å²) in [5.41, 5.74) is 0. The molecule has 2 aliphatic heterocycles. The maximum Gasteiger partial charge on any atom is 0.415 e. The highest BCUT2D eigenvalue weighted by Crippen LogP contribution is 2.42. The van der Waals surface area contributed by atoms with E-state index in [1.807, 2.05) is 0 Å². The maximum atomic E-state index is 11.8. The number of halogens is 6. The van der Waals surface area contributed by atoms with Crippen LogP contribution in [-0.2, 0) is 52.3 Å². The van der Waals surface area contributed by atoms with Gasteiger partial charge in [0.1, 0.15) is 25.9 Å². The van der Waals surface area contributed by atoms with Gasteiger partial charge in [-0.3, -0.25) is 33.3 Å². The summed E-state index contributed by atoms with van der Waals surface area (Å²) in [6.45, 7) is 1.74. The second-order valence-corrected chi connectivity index (χ2v) is 12.0. The first-order chi connectivity index (χ1) is 15.5. The van der Waals surface area contributed by atoms with Crippen LogP contribution in [0.2, 0.25) is 0 Å². The van der Waals surface area contributed by atoms with Gasteiger partial charge in [-0.25, -0.2) is 0 Å². The molecule has 0 spiro atoms. The van der Waals surface area contributed by atoms with Gasteiger partial charge in [0.15, 0.2) is 24.6 Å². The van der Waals surface area contributed by atoms with Gasteiger partial charge in [-0.15, -0.1) is 0 Å². The molecule has 2 heterocycles. The molecule has 0 aromatic rings. The number of hydrogen-bond donors (Lipinski definition) is 0. The lowest BCUT2D eigenvalue weighted by molar-refractivity contribution is -0.476. The highest BCUT2D eigenvalue weighted by atomic mass is 35.6. The zero-order valence-electron chi connectivity index (χ0n) is 17.8. The van der Waals surface area contributed by atoms with Crippen LogP contribution in [0.15, 0.2) is 0 Å². The van der Waals surface area contributed by atoms with Gasteiger partial charge in [0, 0.05) is 20.8 Å². The van der Waals surface area contributed by atoms with Crippen molar-refractivity contribution in [2.75, 3.05) is 19.8 Å². The third kappa shape index (κ3) is 9.44. The Labute approximate surface area is 224 Å². The highest BCUT2D eigenvalue weighted by molar-refractivity contribution is 6.68. The minimum atomic E-state index is -2.46. The van der Waals surface area contributed by atoms with E-state index in [0.717, 1.165) is 20.8 Å². The van der Waals surface area contributed by atoms with Crippen molar-refractivity contribution in [3.8, 4) is 0 Å². The first-order valence-corrected chi connectivity index (χ1v) is 11.7. The third-order valence-corrected chi connectivity index (χ3v) is 4.67. The molecule has 0 amide bonds. The van der Waals surface area contributed by atoms with Crippen molar-refractivity contribution in [3.05, 3.63) is 0 Å². The summed E-state index contributed by atoms with van der Waals surface area (Å²) in [6, 6.07) is 0. The van der Waals surface area contributed by atoms with Crippen molar-refractivity contribution in [1.82, 2.24) is 0 Å². The molecule has 0 unspecified atom stereocenters. The van der Waals surface area contributed by atoms with Gasteiger partial charge < -0.3 is 18.9 Å². The Morgan fingerprint density at radius 2 is 1.29 bits per heavy atom. The van der Waals surface area contributed by atoms with Gasteiger partial charge in [0.05, 0.1) is 0 Å². The fourth-order valence-corrected chi connectivity index (χ4v) is 3.27. The van der Waals surface area contributed by atoms with Crippen molar-refractivity contribution in [1.29, 1.82) is 0 Å². The number of carbonyl (C=O) groups is 3. The first-order valence-electron chi connectivity index (χ1n) is 9.40. The lowest BCUT2D eigenvalue weighted by Gasteiger charge is -2.40. The normalized spacial score (nSPS) is 28.7. The second-order valence-electron chi connectivity index (χ2n) is 7.00. The van der Waals surface area contributed by atoms with Crippen molar-refractivity contribution in [3.63, 3.8) is 0 Å². The predicted octanol–water partition coefficient (Wildman–Crippen LogP) is 2.94. The van der Waals surface area contributed by atoms with E-state index in [1.165, 1.54) is 0 Å². The summed E-state index contributed by atoms with van der Waals surface area (Å²) in [4.78, 5) is 34.9. The molecular formula is C17H20Cl6O11. The van der Waals surface area contributed by atoms with E-state index in [0.29, 0.717) is 0 Å². The lowest BCUT2D eigenvalue weighted by atomic mass is 9.98. The Morgan fingerprint density at radius 3 is 1.74 bits per heavy atom. The molecule has 0 aromatic carbocycles. The zero-order chi connectivity index (χ0) is 25.9. The molecular weight excluding hydrogens is 593 g/mol. The number of fused-ring (bicyclic) bond motifs is 1. The number of alkyl halides is 6. The minimum Gasteiger partial charge on any atom is -0.463 e. The molecule has 2 rings (SSSR count). The summed E-state index contributed by atoms with van der Waals surface area (Å²) in [5, 5.41) is 0. The summed E-state index contributed by atoms with van der Waals surface area (Å²) in [6.07, 6.45) is -8.94. The fraction of sp³-hybridized carbons (Fsp3) is 0.824. The number of rotatable bonds is 8. The molecule has 0 aromatic heterocycles. The van der Waals surface area contributed by atoms with Crippen molar-refractivity contribution >= 4 is 87.5 Å². The molecule has 0 radical (unpaired) electrons. The van der Waals surface area contributed by atoms with E-state index in [1.54, 1.807) is 0 Å². The molecule has 2 fully saturated rings. The van der Waals surface area contributed by atoms with E-state index in [9.17, 15) is 14.4 Å². The average molecular weight is 613 g/mol. The number of carbonyl (C=O) groups excluding carboxylic acids is 3. The van der Waals surface area contributed by atoms with Crippen LogP contribution in [0.4, 0.5) is 0 Å². The average Bonchev–Trinajstić information content (AvgIpc) is 3.03. The van der Waals surface area contributed by atoms with Crippen LogP contribution in [0.1, 0.15) is 20.8 Å². The lowest BCUT2D eigenvalue weighted by Crippen LogP contribution is -2.60. The van der Waals surface area contributed by atoms with Crippen LogP contribution in [0, 0.1) is 0 Å². The van der Waals surface area contributed by atoms with Crippen molar-refractivity contribution in [2.24, 2.45) is 0 Å². The Bertz CT molecular complexity index is 737. The molecule has 2 aliphatic rings. The van der Waals surface area contributed by atoms with Gasteiger partial charge in [-0.05, 0) is 0 Å². The number of hydrogen-bond acceptors (Lipinski definition) is 11. The van der Waals surface area contributed by atoms with Gasteiger partial charge in [-0.1, -0.05) is 69.6 Å². The second kappa shape index (κ2) is 12.0. The highest BCUT2D eigenvalue weighted by Gasteiger charge is 2.62. The fourth-order valence-electron chi connectivity index (χ4n) is 2.95. The topological polar surface area (TPSA) is 125 Å². The van der Waals surface area contributed by atoms with Crippen LogP contribution < -0.4 is 0 Å². The predicted molar refractivity (Wildman–Crippen MR) is 118 cm³/mol. The van der Waals surface area contributed by atoms with Crippen molar-refractivity contribution in [2.45, 2.75) is 65.2 Å². The minimum absolute atomic E-state index is 0.394. The van der Waals surface area contributed by atoms with Gasteiger partial charge >= 0.3 is 24.1 Å². The molecule has 11 nitrogen and oxygen atoms in total. The number of ether oxygens (including phenoxy) is 8. The van der Waals surface area contributed by atoms with E-state index in [2.05, 4.69) is 0 Å². The third-order valence-electron chi connectivity index (χ3n) is 4.01. The van der Waals surface area contributed by atoms with Gasteiger partial charge in [0.2, 0.25) is 7.59 Å². The standard InChI is InChI=1S/C17H20Cl6O11/c1-7(24)27-4-10-11(30-8(2)25)12(31-9(3)26)13-14(32-10)34-17(33-13,28-5-15(18,19)20)29-6-16(21,22)23/h10-14H,4-6H2,1-3H3/t10-,11-,12+,13-,14-/m1/s1. The summed E-state index contributed by atoms with van der Waals surface area (Å²) in [7, 11) is 0. The van der Waals surface area contributed by atoms with Crippen LogP contribution in [0.5, 0.6) is 0 Å². The van der Waals surface area contributed by atoms with E-state index in [4.69, 9.17) is 108 Å². The molecule has 0 aliphatic carbocycles. The summed E-state index contributed by atoms with van der Waals surface area (Å²) in [5.74, 6) is -2.16. The van der Waals surface area contributed by atoms with E-state index < -0.39 is 82.2 Å².